The average molecular weight is 352 g/mol. The minimum atomic E-state index is -0.477. The van der Waals surface area contributed by atoms with Crippen molar-refractivity contribution >= 4 is 18.3 Å². The van der Waals surface area contributed by atoms with E-state index in [1.165, 1.54) is 6.33 Å². The molecule has 0 fully saturated rings. The monoisotopic (exact) mass is 351 g/mol. The Bertz CT molecular complexity index is 615. The molecule has 0 radical (unpaired) electrons. The molecule has 1 amide bonds. The zero-order valence-corrected chi connectivity index (χ0v) is 15.2. The van der Waals surface area contributed by atoms with E-state index < -0.39 is 5.41 Å². The van der Waals surface area contributed by atoms with Gasteiger partial charge in [0.05, 0.1) is 17.1 Å². The minimum Gasteiger partial charge on any atom is -0.349 e. The van der Waals surface area contributed by atoms with Gasteiger partial charge in [-0.05, 0) is 37.5 Å². The smallest absolute Gasteiger partial charge is 0.227 e. The summed E-state index contributed by atoms with van der Waals surface area (Å²) in [5, 5.41) is 7.19. The molecule has 6 nitrogen and oxygen atoms in total. The van der Waals surface area contributed by atoms with Crippen molar-refractivity contribution in [2.24, 2.45) is 11.1 Å². The van der Waals surface area contributed by atoms with Gasteiger partial charge in [0.2, 0.25) is 5.91 Å². The van der Waals surface area contributed by atoms with Gasteiger partial charge in [0.15, 0.2) is 0 Å². The Morgan fingerprint density at radius 1 is 1.29 bits per heavy atom. The fourth-order valence-corrected chi connectivity index (χ4v) is 2.64. The first-order valence-corrected chi connectivity index (χ1v) is 8.02. The van der Waals surface area contributed by atoms with E-state index in [2.05, 4.69) is 15.4 Å². The van der Waals surface area contributed by atoms with Crippen molar-refractivity contribution in [2.75, 3.05) is 6.54 Å². The molecule has 1 unspecified atom stereocenters. The van der Waals surface area contributed by atoms with E-state index >= 15 is 0 Å². The van der Waals surface area contributed by atoms with Crippen molar-refractivity contribution in [3.05, 3.63) is 42.5 Å². The van der Waals surface area contributed by atoms with Crippen LogP contribution in [0.3, 0.4) is 0 Å². The number of carbonyl (C=O) groups excluding carboxylic acids is 1. The Hall–Kier alpha value is -1.92. The van der Waals surface area contributed by atoms with Crippen LogP contribution in [-0.2, 0) is 4.79 Å². The zero-order valence-electron chi connectivity index (χ0n) is 14.4. The molecule has 7 heteroatoms. The number of nitrogens with zero attached hydrogens (tertiary/aromatic N) is 3. The highest BCUT2D eigenvalue weighted by Gasteiger charge is 2.33. The van der Waals surface area contributed by atoms with Crippen molar-refractivity contribution < 1.29 is 4.79 Å². The molecule has 1 aromatic carbocycles. The van der Waals surface area contributed by atoms with Crippen LogP contribution in [0.4, 0.5) is 0 Å². The van der Waals surface area contributed by atoms with Crippen LogP contribution in [0.1, 0.15) is 45.2 Å². The Balaban J connectivity index is 0.00000288. The molecule has 1 heterocycles. The number of amides is 1. The molecule has 3 N–H and O–H groups in total. The van der Waals surface area contributed by atoms with E-state index in [9.17, 15) is 4.79 Å². The minimum absolute atomic E-state index is 0. The normalized spacial score (nSPS) is 12.3. The molecule has 132 valence electrons. The van der Waals surface area contributed by atoms with Gasteiger partial charge in [-0.15, -0.1) is 12.4 Å². The van der Waals surface area contributed by atoms with E-state index in [0.29, 0.717) is 6.54 Å². The molecule has 24 heavy (non-hydrogen) atoms. The van der Waals surface area contributed by atoms with Crippen molar-refractivity contribution in [2.45, 2.75) is 39.7 Å². The fraction of sp³-hybridized carbons (Fsp3) is 0.471. The third-order valence-electron chi connectivity index (χ3n) is 4.65. The second-order valence-electron chi connectivity index (χ2n) is 5.82. The lowest BCUT2D eigenvalue weighted by Crippen LogP contribution is -2.46. The lowest BCUT2D eigenvalue weighted by atomic mass is 9.81. The van der Waals surface area contributed by atoms with Gasteiger partial charge in [-0.25, -0.2) is 9.67 Å². The Kier molecular flexibility index (Phi) is 7.38. The van der Waals surface area contributed by atoms with Gasteiger partial charge in [0.1, 0.15) is 12.7 Å². The number of aromatic nitrogens is 3. The van der Waals surface area contributed by atoms with Gasteiger partial charge in [0.25, 0.3) is 0 Å². The molecule has 0 bridgehead atoms. The molecule has 0 aliphatic carbocycles. The number of hydrogen-bond donors (Lipinski definition) is 2. The average Bonchev–Trinajstić information content (AvgIpc) is 3.11. The first kappa shape index (κ1) is 20.1. The van der Waals surface area contributed by atoms with Crippen LogP contribution >= 0.6 is 12.4 Å². The third kappa shape index (κ3) is 4.13. The molecule has 2 aromatic rings. The SMILES string of the molecule is CCC(CC)(CN)C(=O)NC(C)c1ccc(-n2cncn2)cc1.Cl. The van der Waals surface area contributed by atoms with Crippen LogP contribution in [0.25, 0.3) is 5.69 Å². The Morgan fingerprint density at radius 2 is 1.92 bits per heavy atom. The van der Waals surface area contributed by atoms with Gasteiger partial charge >= 0.3 is 0 Å². The lowest BCUT2D eigenvalue weighted by molar-refractivity contribution is -0.131. The van der Waals surface area contributed by atoms with Crippen molar-refractivity contribution in [1.29, 1.82) is 0 Å². The van der Waals surface area contributed by atoms with E-state index in [-0.39, 0.29) is 24.4 Å². The summed E-state index contributed by atoms with van der Waals surface area (Å²) in [7, 11) is 0. The molecule has 0 aliphatic rings. The van der Waals surface area contributed by atoms with Gasteiger partial charge in [-0.2, -0.15) is 5.10 Å². The topological polar surface area (TPSA) is 85.8 Å². The number of nitrogens with one attached hydrogen (secondary N) is 1. The highest BCUT2D eigenvalue weighted by molar-refractivity contribution is 5.85. The third-order valence-corrected chi connectivity index (χ3v) is 4.65. The zero-order chi connectivity index (χ0) is 16.9. The number of halogens is 1. The van der Waals surface area contributed by atoms with E-state index in [0.717, 1.165) is 24.1 Å². The number of nitrogens with two attached hydrogens (primary N) is 1. The van der Waals surface area contributed by atoms with Crippen molar-refractivity contribution in [3.8, 4) is 5.69 Å². The summed E-state index contributed by atoms with van der Waals surface area (Å²) in [6.07, 6.45) is 4.63. The van der Waals surface area contributed by atoms with Crippen LogP contribution in [0.5, 0.6) is 0 Å². The second-order valence-corrected chi connectivity index (χ2v) is 5.82. The van der Waals surface area contributed by atoms with Crippen LogP contribution in [0.2, 0.25) is 0 Å². The van der Waals surface area contributed by atoms with Gasteiger partial charge in [0, 0.05) is 6.54 Å². The molecule has 1 aromatic heterocycles. The maximum absolute atomic E-state index is 12.6. The summed E-state index contributed by atoms with van der Waals surface area (Å²) >= 11 is 0. The van der Waals surface area contributed by atoms with E-state index in [1.807, 2.05) is 45.0 Å². The predicted molar refractivity (Wildman–Crippen MR) is 97.2 cm³/mol. The second kappa shape index (κ2) is 8.80. The summed E-state index contributed by atoms with van der Waals surface area (Å²) in [4.78, 5) is 16.5. The van der Waals surface area contributed by atoms with E-state index in [1.54, 1.807) is 11.0 Å². The maximum Gasteiger partial charge on any atom is 0.227 e. The molecule has 2 rings (SSSR count). The number of hydrogen-bond acceptors (Lipinski definition) is 4. The molecular weight excluding hydrogens is 326 g/mol. The van der Waals surface area contributed by atoms with Gasteiger partial charge < -0.3 is 11.1 Å². The van der Waals surface area contributed by atoms with E-state index in [4.69, 9.17) is 5.73 Å². The van der Waals surface area contributed by atoms with Crippen LogP contribution in [0, 0.1) is 5.41 Å². The van der Waals surface area contributed by atoms with Crippen LogP contribution in [-0.4, -0.2) is 27.2 Å². The van der Waals surface area contributed by atoms with Gasteiger partial charge in [-0.3, -0.25) is 4.79 Å². The molecule has 0 saturated heterocycles. The molecule has 0 saturated carbocycles. The highest BCUT2D eigenvalue weighted by Crippen LogP contribution is 2.26. The van der Waals surface area contributed by atoms with Crippen LogP contribution < -0.4 is 11.1 Å². The summed E-state index contributed by atoms with van der Waals surface area (Å²) < 4.78 is 1.70. The first-order valence-electron chi connectivity index (χ1n) is 8.02. The standard InChI is InChI=1S/C17H25N5O.ClH/c1-4-17(5-2,10-18)16(23)21-13(3)14-6-8-15(9-7-14)22-12-19-11-20-22;/h6-9,11-13H,4-5,10,18H2,1-3H3,(H,21,23);1H. The summed E-state index contributed by atoms with van der Waals surface area (Å²) in [6, 6.07) is 7.83. The Labute approximate surface area is 149 Å². The summed E-state index contributed by atoms with van der Waals surface area (Å²) in [5.41, 5.74) is 7.34. The fourth-order valence-electron chi connectivity index (χ4n) is 2.64. The molecule has 0 aliphatic heterocycles. The van der Waals surface area contributed by atoms with Gasteiger partial charge in [-0.1, -0.05) is 26.0 Å². The summed E-state index contributed by atoms with van der Waals surface area (Å²) in [5.74, 6) is 0.0258. The molecular formula is C17H26ClN5O. The lowest BCUT2D eigenvalue weighted by Gasteiger charge is -2.30. The number of carbonyl (C=O) groups is 1. The quantitative estimate of drug-likeness (QED) is 0.802. The molecule has 0 spiro atoms. The maximum atomic E-state index is 12.6. The first-order chi connectivity index (χ1) is 11.1. The summed E-state index contributed by atoms with van der Waals surface area (Å²) in [6.45, 7) is 6.36. The largest absolute Gasteiger partial charge is 0.349 e. The van der Waals surface area contributed by atoms with Crippen molar-refractivity contribution in [3.63, 3.8) is 0 Å². The Morgan fingerprint density at radius 3 is 2.38 bits per heavy atom. The highest BCUT2D eigenvalue weighted by atomic mass is 35.5. The van der Waals surface area contributed by atoms with Crippen LogP contribution in [0.15, 0.2) is 36.9 Å². The predicted octanol–water partition coefficient (Wildman–Crippen LogP) is 2.63. The van der Waals surface area contributed by atoms with Crippen molar-refractivity contribution in [1.82, 2.24) is 20.1 Å². The number of rotatable bonds is 7. The molecule has 1 atom stereocenters. The number of benzene rings is 1.